The van der Waals surface area contributed by atoms with Crippen molar-refractivity contribution in [2.75, 3.05) is 5.32 Å². The van der Waals surface area contributed by atoms with Crippen LogP contribution in [0.25, 0.3) is 22.3 Å². The van der Waals surface area contributed by atoms with Crippen molar-refractivity contribution in [2.24, 2.45) is 11.7 Å². The quantitative estimate of drug-likeness (QED) is 0.388. The number of nitrogens with one attached hydrogen (secondary N) is 3. The van der Waals surface area contributed by atoms with E-state index in [-0.39, 0.29) is 52.1 Å². The first-order valence-corrected chi connectivity index (χ1v) is 12.9. The summed E-state index contributed by atoms with van der Waals surface area (Å²) in [6.07, 6.45) is 6.97. The lowest BCUT2D eigenvalue weighted by molar-refractivity contribution is -0.137. The van der Waals surface area contributed by atoms with E-state index in [4.69, 9.17) is 5.73 Å². The highest BCUT2D eigenvalue weighted by Gasteiger charge is 2.33. The van der Waals surface area contributed by atoms with E-state index in [2.05, 4.69) is 30.6 Å². The number of aromatic amines is 1. The number of carbonyl (C=O) groups excluding carboxylic acids is 1. The molecule has 0 saturated heterocycles. The first-order chi connectivity index (χ1) is 18.2. The van der Waals surface area contributed by atoms with E-state index < -0.39 is 11.7 Å². The van der Waals surface area contributed by atoms with Crippen LogP contribution in [0.5, 0.6) is 0 Å². The second-order valence-corrected chi connectivity index (χ2v) is 10.2. The maximum atomic E-state index is 13.2. The Labute approximate surface area is 217 Å². The molecule has 0 unspecified atom stereocenters. The average Bonchev–Trinajstić information content (AvgIpc) is 3.83. The number of rotatable bonds is 5. The van der Waals surface area contributed by atoms with Crippen molar-refractivity contribution >= 4 is 22.9 Å². The smallest absolute Gasteiger partial charge is 0.353 e. The average molecular weight is 527 g/mol. The molecule has 3 aromatic rings. The normalized spacial score (nSPS) is 21.2. The van der Waals surface area contributed by atoms with Gasteiger partial charge >= 0.3 is 6.18 Å². The molecule has 1 amide bonds. The summed E-state index contributed by atoms with van der Waals surface area (Å²) in [7, 11) is 0. The molecule has 9 nitrogen and oxygen atoms in total. The number of nitrogens with zero attached hydrogens (tertiary/aromatic N) is 4. The SMILES string of the molecule is N#Cc1cnc(N[C@@H]2CCC[C@H](NC(=O)C3CC3)C2)nc1-c1c[nH]c2ncc(C(F)(F)F)cc12.NC1CC1. The van der Waals surface area contributed by atoms with Crippen molar-refractivity contribution in [1.82, 2.24) is 25.3 Å². The van der Waals surface area contributed by atoms with Gasteiger partial charge in [-0.25, -0.2) is 15.0 Å². The number of alkyl halides is 3. The minimum atomic E-state index is -4.54. The zero-order chi connectivity index (χ0) is 26.9. The van der Waals surface area contributed by atoms with E-state index in [9.17, 15) is 23.2 Å². The number of pyridine rings is 1. The molecule has 3 aromatic heterocycles. The Morgan fingerprint density at radius 1 is 1.11 bits per heavy atom. The summed E-state index contributed by atoms with van der Waals surface area (Å²) in [5, 5.41) is 16.2. The van der Waals surface area contributed by atoms with Crippen LogP contribution in [0.2, 0.25) is 0 Å². The van der Waals surface area contributed by atoms with Crippen molar-refractivity contribution in [1.29, 1.82) is 5.26 Å². The van der Waals surface area contributed by atoms with Crippen LogP contribution < -0.4 is 16.4 Å². The number of amides is 1. The molecule has 2 atom stereocenters. The van der Waals surface area contributed by atoms with Gasteiger partial charge in [0.2, 0.25) is 11.9 Å². The highest BCUT2D eigenvalue weighted by atomic mass is 19.4. The standard InChI is InChI=1S/C23H22F3N7O.C3H7N/c24-23(25,26)14-6-17-18(11-29-20(17)28-10-14)19-13(8-27)9-30-22(33-19)32-16-3-1-2-15(7-16)31-21(34)12-4-5-12;4-3-1-2-3/h6,9-12,15-16H,1-5,7H2,(H,28,29)(H,31,34)(H,30,32,33);3H,1-2,4H2/t15-,16+;/m0./s1. The first kappa shape index (κ1) is 25.9. The molecular formula is C26H29F3N8O. The number of nitrogens with two attached hydrogens (primary N) is 1. The lowest BCUT2D eigenvalue weighted by Crippen LogP contribution is -2.42. The summed E-state index contributed by atoms with van der Waals surface area (Å²) in [5.41, 5.74) is 5.31. The third-order valence-electron chi connectivity index (χ3n) is 6.95. The molecule has 3 aliphatic rings. The predicted molar refractivity (Wildman–Crippen MR) is 135 cm³/mol. The van der Waals surface area contributed by atoms with Gasteiger partial charge in [0.05, 0.1) is 23.0 Å². The molecule has 0 aliphatic heterocycles. The van der Waals surface area contributed by atoms with Crippen LogP contribution >= 0.6 is 0 Å². The van der Waals surface area contributed by atoms with Crippen LogP contribution in [-0.4, -0.2) is 44.0 Å². The fraction of sp³-hybridized carbons (Fsp3) is 0.500. The Morgan fingerprint density at radius 2 is 1.84 bits per heavy atom. The summed E-state index contributed by atoms with van der Waals surface area (Å²) in [4.78, 5) is 27.5. The molecule has 12 heteroatoms. The maximum Gasteiger partial charge on any atom is 0.417 e. The molecule has 0 spiro atoms. The number of hydrogen-bond donors (Lipinski definition) is 4. The molecule has 3 aliphatic carbocycles. The molecule has 38 heavy (non-hydrogen) atoms. The zero-order valence-electron chi connectivity index (χ0n) is 20.7. The summed E-state index contributed by atoms with van der Waals surface area (Å²) < 4.78 is 39.7. The Hall–Kier alpha value is -3.72. The molecule has 0 radical (unpaired) electrons. The number of H-pyrrole nitrogens is 1. The third-order valence-corrected chi connectivity index (χ3v) is 6.95. The molecule has 3 fully saturated rings. The minimum Gasteiger partial charge on any atom is -0.353 e. The van der Waals surface area contributed by atoms with Crippen LogP contribution in [0.15, 0.2) is 24.7 Å². The minimum absolute atomic E-state index is 0.0282. The lowest BCUT2D eigenvalue weighted by Gasteiger charge is -2.30. The maximum absolute atomic E-state index is 13.2. The summed E-state index contributed by atoms with van der Waals surface area (Å²) in [6.45, 7) is 0. The number of hydrogen-bond acceptors (Lipinski definition) is 7. The predicted octanol–water partition coefficient (Wildman–Crippen LogP) is 4.27. The fourth-order valence-electron chi connectivity index (χ4n) is 4.49. The number of anilines is 1. The van der Waals surface area contributed by atoms with Crippen molar-refractivity contribution in [3.63, 3.8) is 0 Å². The van der Waals surface area contributed by atoms with Crippen molar-refractivity contribution < 1.29 is 18.0 Å². The van der Waals surface area contributed by atoms with Gasteiger partial charge in [-0.15, -0.1) is 0 Å². The van der Waals surface area contributed by atoms with Gasteiger partial charge < -0.3 is 21.4 Å². The Balaban J connectivity index is 0.000000673. The molecule has 200 valence electrons. The zero-order valence-corrected chi connectivity index (χ0v) is 20.7. The Morgan fingerprint density at radius 3 is 2.50 bits per heavy atom. The van der Waals surface area contributed by atoms with Gasteiger partial charge in [-0.05, 0) is 57.4 Å². The Bertz CT molecular complexity index is 1360. The summed E-state index contributed by atoms with van der Waals surface area (Å²) >= 11 is 0. The van der Waals surface area contributed by atoms with Gasteiger partial charge in [0.1, 0.15) is 11.7 Å². The van der Waals surface area contributed by atoms with Gasteiger partial charge in [0.15, 0.2) is 0 Å². The lowest BCUT2D eigenvalue weighted by atomic mass is 9.91. The van der Waals surface area contributed by atoms with Crippen LogP contribution in [0, 0.1) is 17.2 Å². The second-order valence-electron chi connectivity index (χ2n) is 10.2. The molecular weight excluding hydrogens is 497 g/mol. The molecule has 3 saturated carbocycles. The Kier molecular flexibility index (Phi) is 7.21. The van der Waals surface area contributed by atoms with E-state index >= 15 is 0 Å². The molecule has 6 rings (SSSR count). The highest BCUT2D eigenvalue weighted by Crippen LogP contribution is 2.35. The van der Waals surface area contributed by atoms with Crippen molar-refractivity contribution in [2.45, 2.75) is 75.7 Å². The number of carbonyl (C=O) groups is 1. The monoisotopic (exact) mass is 526 g/mol. The first-order valence-electron chi connectivity index (χ1n) is 12.9. The summed E-state index contributed by atoms with van der Waals surface area (Å²) in [6, 6.07) is 3.70. The van der Waals surface area contributed by atoms with E-state index in [1.54, 1.807) is 0 Å². The van der Waals surface area contributed by atoms with E-state index in [1.807, 2.05) is 6.07 Å². The largest absolute Gasteiger partial charge is 0.417 e. The number of halogens is 3. The van der Waals surface area contributed by atoms with Crippen LogP contribution in [0.3, 0.4) is 0 Å². The topological polar surface area (TPSA) is 145 Å². The van der Waals surface area contributed by atoms with Gasteiger partial charge in [-0.3, -0.25) is 4.79 Å². The van der Waals surface area contributed by atoms with E-state index in [1.165, 1.54) is 25.2 Å². The third kappa shape index (κ3) is 6.22. The van der Waals surface area contributed by atoms with Gasteiger partial charge in [0, 0.05) is 47.4 Å². The summed E-state index contributed by atoms with van der Waals surface area (Å²) in [5.74, 6) is 0.553. The highest BCUT2D eigenvalue weighted by molar-refractivity contribution is 5.94. The second kappa shape index (κ2) is 10.6. The number of fused-ring (bicyclic) bond motifs is 1. The van der Waals surface area contributed by atoms with Crippen LogP contribution in [-0.2, 0) is 11.0 Å². The number of nitriles is 1. The molecule has 3 heterocycles. The van der Waals surface area contributed by atoms with E-state index in [0.29, 0.717) is 11.6 Å². The van der Waals surface area contributed by atoms with Crippen molar-refractivity contribution in [3.05, 3.63) is 35.8 Å². The molecule has 0 bridgehead atoms. The van der Waals surface area contributed by atoms with Crippen molar-refractivity contribution in [3.8, 4) is 17.3 Å². The van der Waals surface area contributed by atoms with Gasteiger partial charge in [0.25, 0.3) is 0 Å². The van der Waals surface area contributed by atoms with Gasteiger partial charge in [-0.1, -0.05) is 0 Å². The van der Waals surface area contributed by atoms with Gasteiger partial charge in [-0.2, -0.15) is 18.4 Å². The fourth-order valence-corrected chi connectivity index (χ4v) is 4.49. The van der Waals surface area contributed by atoms with Crippen LogP contribution in [0.4, 0.5) is 19.1 Å². The molecule has 5 N–H and O–H groups in total. The van der Waals surface area contributed by atoms with E-state index in [0.717, 1.165) is 50.8 Å². The van der Waals surface area contributed by atoms with Crippen LogP contribution in [0.1, 0.15) is 62.5 Å². The molecule has 0 aromatic carbocycles. The number of aromatic nitrogens is 4.